The molecule has 2 aromatic rings. The van der Waals surface area contributed by atoms with Crippen molar-refractivity contribution in [3.8, 4) is 5.75 Å². The molecular formula is C18H28N6O. The zero-order valence-electron chi connectivity index (χ0n) is 15.9. The second kappa shape index (κ2) is 8.11. The van der Waals surface area contributed by atoms with E-state index in [0.717, 1.165) is 12.3 Å². The molecule has 0 unspecified atom stereocenters. The van der Waals surface area contributed by atoms with Crippen LogP contribution in [-0.4, -0.2) is 54.1 Å². The van der Waals surface area contributed by atoms with E-state index in [9.17, 15) is 0 Å². The van der Waals surface area contributed by atoms with E-state index in [1.807, 2.05) is 45.1 Å². The Hall–Kier alpha value is -2.41. The Morgan fingerprint density at radius 2 is 1.68 bits per heavy atom. The molecule has 0 bridgehead atoms. The van der Waals surface area contributed by atoms with E-state index >= 15 is 0 Å². The number of rotatable bonds is 7. The van der Waals surface area contributed by atoms with Gasteiger partial charge in [-0.3, -0.25) is 4.90 Å². The van der Waals surface area contributed by atoms with Crippen molar-refractivity contribution in [2.75, 3.05) is 44.9 Å². The second-order valence-corrected chi connectivity index (χ2v) is 6.57. The van der Waals surface area contributed by atoms with Crippen LogP contribution in [0.1, 0.15) is 29.9 Å². The van der Waals surface area contributed by atoms with Crippen molar-refractivity contribution in [1.29, 1.82) is 0 Å². The molecule has 2 N–H and O–H groups in total. The highest BCUT2D eigenvalue weighted by molar-refractivity contribution is 5.33. The maximum atomic E-state index is 5.88. The summed E-state index contributed by atoms with van der Waals surface area (Å²) in [4.78, 5) is 16.8. The lowest BCUT2D eigenvalue weighted by molar-refractivity contribution is 0.196. The molecule has 0 fully saturated rings. The number of likely N-dealkylation sites (N-methyl/N-ethyl adjacent to an activating group) is 1. The molecule has 1 aromatic heterocycles. The Balaban J connectivity index is 1.97. The monoisotopic (exact) mass is 344 g/mol. The summed E-state index contributed by atoms with van der Waals surface area (Å²) in [5.74, 6) is 2.36. The number of nitrogens with zero attached hydrogens (tertiary/aromatic N) is 5. The fourth-order valence-corrected chi connectivity index (χ4v) is 2.50. The van der Waals surface area contributed by atoms with Gasteiger partial charge in [0.05, 0.1) is 6.04 Å². The maximum absolute atomic E-state index is 5.88. The van der Waals surface area contributed by atoms with Gasteiger partial charge in [-0.05, 0) is 51.1 Å². The minimum Gasteiger partial charge on any atom is -0.492 e. The third-order valence-electron chi connectivity index (χ3n) is 4.00. The van der Waals surface area contributed by atoms with Crippen molar-refractivity contribution in [1.82, 2.24) is 19.9 Å². The van der Waals surface area contributed by atoms with E-state index in [1.165, 1.54) is 11.1 Å². The van der Waals surface area contributed by atoms with Crippen molar-refractivity contribution in [2.24, 2.45) is 0 Å². The van der Waals surface area contributed by atoms with E-state index in [1.54, 1.807) is 0 Å². The molecule has 1 aromatic carbocycles. The van der Waals surface area contributed by atoms with Crippen LogP contribution < -0.4 is 15.4 Å². The molecule has 25 heavy (non-hydrogen) atoms. The number of nitrogen functional groups attached to an aromatic ring is 1. The highest BCUT2D eigenvalue weighted by Crippen LogP contribution is 2.19. The molecule has 0 aliphatic rings. The Morgan fingerprint density at radius 1 is 1.04 bits per heavy atom. The van der Waals surface area contributed by atoms with Gasteiger partial charge in [0.2, 0.25) is 11.9 Å². The van der Waals surface area contributed by atoms with Gasteiger partial charge >= 0.3 is 0 Å². The molecule has 7 nitrogen and oxygen atoms in total. The van der Waals surface area contributed by atoms with Crippen molar-refractivity contribution < 1.29 is 4.74 Å². The lowest BCUT2D eigenvalue weighted by atomic mass is 10.1. The lowest BCUT2D eigenvalue weighted by Gasteiger charge is -2.24. The molecule has 0 aliphatic carbocycles. The highest BCUT2D eigenvalue weighted by Gasteiger charge is 2.17. The molecule has 0 saturated heterocycles. The first-order valence-electron chi connectivity index (χ1n) is 8.36. The zero-order valence-corrected chi connectivity index (χ0v) is 15.9. The maximum Gasteiger partial charge on any atom is 0.229 e. The largest absolute Gasteiger partial charge is 0.492 e. The van der Waals surface area contributed by atoms with E-state index in [0.29, 0.717) is 18.4 Å². The third kappa shape index (κ3) is 5.29. The van der Waals surface area contributed by atoms with Gasteiger partial charge in [-0.1, -0.05) is 6.07 Å². The molecule has 0 spiro atoms. The van der Waals surface area contributed by atoms with Crippen LogP contribution in [0, 0.1) is 13.8 Å². The van der Waals surface area contributed by atoms with Crippen LogP contribution in [0.15, 0.2) is 18.2 Å². The molecule has 2 rings (SSSR count). The van der Waals surface area contributed by atoms with Crippen LogP contribution in [0.3, 0.4) is 0 Å². The van der Waals surface area contributed by atoms with Gasteiger partial charge in [0.15, 0.2) is 5.82 Å². The molecule has 1 heterocycles. The number of ether oxygens (including phenoxy) is 1. The lowest BCUT2D eigenvalue weighted by Crippen LogP contribution is -2.29. The van der Waals surface area contributed by atoms with Crippen LogP contribution in [0.2, 0.25) is 0 Å². The quantitative estimate of drug-likeness (QED) is 0.825. The Morgan fingerprint density at radius 3 is 2.28 bits per heavy atom. The zero-order chi connectivity index (χ0) is 18.6. The van der Waals surface area contributed by atoms with E-state index in [4.69, 9.17) is 10.5 Å². The Bertz CT molecular complexity index is 698. The molecule has 1 atom stereocenters. The van der Waals surface area contributed by atoms with Crippen molar-refractivity contribution >= 4 is 11.9 Å². The molecular weight excluding hydrogens is 316 g/mol. The van der Waals surface area contributed by atoms with Crippen molar-refractivity contribution in [3.05, 3.63) is 35.2 Å². The summed E-state index contributed by atoms with van der Waals surface area (Å²) in [5, 5.41) is 0. The first-order valence-corrected chi connectivity index (χ1v) is 8.36. The molecule has 0 aliphatic heterocycles. The topological polar surface area (TPSA) is 80.4 Å². The number of benzene rings is 1. The summed E-state index contributed by atoms with van der Waals surface area (Å²) >= 11 is 0. The summed E-state index contributed by atoms with van der Waals surface area (Å²) in [5.41, 5.74) is 8.21. The van der Waals surface area contributed by atoms with Crippen LogP contribution >= 0.6 is 0 Å². The predicted octanol–water partition coefficient (Wildman–Crippen LogP) is 2.21. The summed E-state index contributed by atoms with van der Waals surface area (Å²) in [6.07, 6.45) is 0. The third-order valence-corrected chi connectivity index (χ3v) is 4.00. The van der Waals surface area contributed by atoms with Crippen LogP contribution in [0.25, 0.3) is 0 Å². The van der Waals surface area contributed by atoms with Gasteiger partial charge in [0.1, 0.15) is 12.4 Å². The van der Waals surface area contributed by atoms with Crippen LogP contribution in [-0.2, 0) is 0 Å². The van der Waals surface area contributed by atoms with E-state index in [-0.39, 0.29) is 12.0 Å². The van der Waals surface area contributed by atoms with E-state index in [2.05, 4.69) is 39.8 Å². The fraction of sp³-hybridized carbons (Fsp3) is 0.500. The number of nitrogens with two attached hydrogens (primary N) is 1. The van der Waals surface area contributed by atoms with Gasteiger partial charge in [-0.15, -0.1) is 0 Å². The van der Waals surface area contributed by atoms with Crippen LogP contribution in [0.4, 0.5) is 11.9 Å². The fourth-order valence-electron chi connectivity index (χ4n) is 2.50. The minimum absolute atomic E-state index is 0.00634. The Labute approximate surface area is 149 Å². The number of aromatic nitrogens is 3. The normalized spacial score (nSPS) is 12.3. The van der Waals surface area contributed by atoms with Crippen molar-refractivity contribution in [3.63, 3.8) is 0 Å². The average molecular weight is 344 g/mol. The molecule has 0 saturated carbocycles. The highest BCUT2D eigenvalue weighted by atomic mass is 16.5. The summed E-state index contributed by atoms with van der Waals surface area (Å²) < 4.78 is 5.88. The number of hydrogen-bond acceptors (Lipinski definition) is 7. The Kier molecular flexibility index (Phi) is 6.14. The SMILES string of the molecule is Cc1cc(C)cc(OCCN(C)[C@H](C)c2nc(N)nc(N(C)C)n2)c1. The van der Waals surface area contributed by atoms with Crippen molar-refractivity contribution in [2.45, 2.75) is 26.8 Å². The second-order valence-electron chi connectivity index (χ2n) is 6.57. The molecule has 0 amide bonds. The average Bonchev–Trinajstić information content (AvgIpc) is 2.52. The van der Waals surface area contributed by atoms with Gasteiger partial charge in [-0.2, -0.15) is 15.0 Å². The van der Waals surface area contributed by atoms with Gasteiger partial charge in [0.25, 0.3) is 0 Å². The summed E-state index contributed by atoms with van der Waals surface area (Å²) in [7, 11) is 5.78. The predicted molar refractivity (Wildman–Crippen MR) is 101 cm³/mol. The summed E-state index contributed by atoms with van der Waals surface area (Å²) in [6, 6.07) is 6.24. The number of hydrogen-bond donors (Lipinski definition) is 1. The smallest absolute Gasteiger partial charge is 0.229 e. The van der Waals surface area contributed by atoms with Gasteiger partial charge < -0.3 is 15.4 Å². The van der Waals surface area contributed by atoms with Crippen LogP contribution in [0.5, 0.6) is 5.75 Å². The number of aryl methyl sites for hydroxylation is 2. The summed E-state index contributed by atoms with van der Waals surface area (Å²) in [6.45, 7) is 7.52. The van der Waals surface area contributed by atoms with Gasteiger partial charge in [0, 0.05) is 20.6 Å². The standard InChI is InChI=1S/C18H28N6O/c1-12-9-13(2)11-15(10-12)25-8-7-24(6)14(3)16-20-17(19)22-18(21-16)23(4)5/h9-11,14H,7-8H2,1-6H3,(H2,19,20,21,22)/t14-/m1/s1. The number of anilines is 2. The molecule has 0 radical (unpaired) electrons. The molecule has 7 heteroatoms. The van der Waals surface area contributed by atoms with Gasteiger partial charge in [-0.25, -0.2) is 0 Å². The minimum atomic E-state index is 0.00634. The molecule has 136 valence electrons. The first-order chi connectivity index (χ1) is 11.8. The first kappa shape index (κ1) is 18.9. The van der Waals surface area contributed by atoms with E-state index < -0.39 is 0 Å².